The van der Waals surface area contributed by atoms with Crippen LogP contribution in [0.4, 0.5) is 0 Å². The molecule has 10 heavy (non-hydrogen) atoms. The van der Waals surface area contributed by atoms with Crippen LogP contribution in [0, 0.1) is 0 Å². The van der Waals surface area contributed by atoms with Crippen LogP contribution in [0.2, 0.25) is 0 Å². The number of quaternary nitrogens is 1. The van der Waals surface area contributed by atoms with Crippen LogP contribution >= 0.6 is 12.2 Å². The Bertz CT molecular complexity index is 108. The third-order valence-electron chi connectivity index (χ3n) is 0.607. The summed E-state index contributed by atoms with van der Waals surface area (Å²) >= 11 is 9.13. The van der Waals surface area contributed by atoms with Gasteiger partial charge in [0, 0.05) is 6.54 Å². The van der Waals surface area contributed by atoms with Gasteiger partial charge in [0.15, 0.2) is 0 Å². The summed E-state index contributed by atoms with van der Waals surface area (Å²) in [4.78, 5) is 0. The summed E-state index contributed by atoms with van der Waals surface area (Å²) in [5.74, 6) is 0. The molecule has 5 N–H and O–H groups in total. The second kappa shape index (κ2) is 8.61. The molecule has 0 aliphatic heterocycles. The summed E-state index contributed by atoms with van der Waals surface area (Å²) in [5, 5.41) is 2.75. The van der Waals surface area contributed by atoms with Crippen molar-refractivity contribution in [1.29, 1.82) is 0 Å². The second-order valence-electron chi connectivity index (χ2n) is 1.25. The fraction of sp³-hybridized carbons (Fsp3) is 0.400. The van der Waals surface area contributed by atoms with Crippen molar-refractivity contribution in [2.45, 2.75) is 0 Å². The molecular weight excluding hydrogens is 168 g/mol. The summed E-state index contributed by atoms with van der Waals surface area (Å²) in [6.07, 6.45) is 1.38. The first-order valence-electron chi connectivity index (χ1n) is 2.44. The highest BCUT2D eigenvalue weighted by Crippen LogP contribution is 1.71. The van der Waals surface area contributed by atoms with E-state index < -0.39 is 0 Å². The minimum atomic E-state index is 0. The van der Waals surface area contributed by atoms with Crippen LogP contribution in [0.1, 0.15) is 0 Å². The Kier molecular flexibility index (Phi) is 10.6. The van der Waals surface area contributed by atoms with Crippen LogP contribution in [-0.2, 0) is 17.4 Å². The molecule has 0 heterocycles. The smallest absolute Gasteiger partial charge is 0.104 e. The monoisotopic (exact) mass is 180 g/mol. The van der Waals surface area contributed by atoms with Crippen molar-refractivity contribution in [1.82, 2.24) is 11.5 Å². The molecule has 0 saturated heterocycles. The summed E-state index contributed by atoms with van der Waals surface area (Å²) in [5.41, 5.74) is 0. The van der Waals surface area contributed by atoms with Gasteiger partial charge in [-0.3, -0.25) is 0 Å². The first-order valence-corrected chi connectivity index (χ1v) is 3.26. The van der Waals surface area contributed by atoms with E-state index in [1.165, 1.54) is 6.26 Å². The molecule has 0 bridgehead atoms. The Morgan fingerprint density at radius 1 is 1.80 bits per heavy atom. The van der Waals surface area contributed by atoms with Gasteiger partial charge in [-0.05, 0) is 0 Å². The lowest BCUT2D eigenvalue weighted by Crippen LogP contribution is -2.22. The molecule has 0 aromatic heterocycles. The minimum Gasteiger partial charge on any atom is -0.500 e. The predicted octanol–water partition coefficient (Wildman–Crippen LogP) is 0.944. The lowest BCUT2D eigenvalue weighted by molar-refractivity contribution is 0.256. The van der Waals surface area contributed by atoms with E-state index in [9.17, 15) is 0 Å². The summed E-state index contributed by atoms with van der Waals surface area (Å²) in [6.45, 7) is 4.57. The molecular formula is C5H12N2OS2. The molecule has 0 saturated carbocycles. The third kappa shape index (κ3) is 10.6. The molecule has 0 spiro atoms. The highest BCUT2D eigenvalue weighted by atomic mass is 32.1. The normalized spacial score (nSPS) is 7.20. The summed E-state index contributed by atoms with van der Waals surface area (Å²) in [7, 11) is 0. The van der Waals surface area contributed by atoms with Gasteiger partial charge in [0.2, 0.25) is 0 Å². The maximum atomic E-state index is 4.78. The van der Waals surface area contributed by atoms with Crippen molar-refractivity contribution in [3.63, 3.8) is 0 Å². The molecule has 0 amide bonds. The maximum absolute atomic E-state index is 4.78. The molecule has 0 aromatic carbocycles. The van der Waals surface area contributed by atoms with E-state index in [0.29, 0.717) is 17.5 Å². The van der Waals surface area contributed by atoms with Crippen LogP contribution in [-0.4, -0.2) is 17.5 Å². The molecule has 0 aliphatic carbocycles. The number of ether oxygens (including phenoxy) is 1. The van der Waals surface area contributed by atoms with Gasteiger partial charge in [0.1, 0.15) is 6.61 Å². The summed E-state index contributed by atoms with van der Waals surface area (Å²) < 4.78 is 5.16. The van der Waals surface area contributed by atoms with Crippen LogP contribution in [0.25, 0.3) is 0 Å². The van der Waals surface area contributed by atoms with Gasteiger partial charge in [-0.25, -0.2) is 0 Å². The van der Waals surface area contributed by atoms with E-state index >= 15 is 0 Å². The first-order chi connectivity index (χ1) is 4.27. The second-order valence-corrected chi connectivity index (χ2v) is 2.33. The van der Waals surface area contributed by atoms with Gasteiger partial charge in [0.25, 0.3) is 0 Å². The van der Waals surface area contributed by atoms with Gasteiger partial charge in [-0.1, -0.05) is 10.9 Å². The van der Waals surface area contributed by atoms with Gasteiger partial charge in [-0.15, -0.1) is 0 Å². The molecule has 0 radical (unpaired) electrons. The Labute approximate surface area is 71.8 Å². The van der Waals surface area contributed by atoms with E-state index in [0.717, 1.165) is 0 Å². The zero-order valence-corrected chi connectivity index (χ0v) is 7.56. The Hall–Kier alpha value is -0.390. The number of hydrogen-bond acceptors (Lipinski definition) is 3. The lowest BCUT2D eigenvalue weighted by atomic mass is 10.7. The number of nitrogens with one attached hydrogen (secondary N) is 1. The van der Waals surface area contributed by atoms with Crippen LogP contribution < -0.4 is 11.5 Å². The SMILES string of the molecule is C=COCCNC(=S)[S-].[NH4+]. The first kappa shape index (κ1) is 12.3. The molecule has 5 heteroatoms. The van der Waals surface area contributed by atoms with E-state index in [1.807, 2.05) is 0 Å². The minimum absolute atomic E-state index is 0. The van der Waals surface area contributed by atoms with Crippen molar-refractivity contribution in [2.75, 3.05) is 13.2 Å². The molecule has 0 fully saturated rings. The largest absolute Gasteiger partial charge is 0.500 e. The van der Waals surface area contributed by atoms with Crippen molar-refractivity contribution in [3.05, 3.63) is 12.8 Å². The standard InChI is InChI=1S/C5H9NOS2.H3N/c1-2-7-4-3-6-5(8)9;/h2H,1,3-4H2,(H2,6,8,9);1H3. The average Bonchev–Trinajstić information content (AvgIpc) is 1.80. The highest BCUT2D eigenvalue weighted by molar-refractivity contribution is 8.00. The van der Waals surface area contributed by atoms with Crippen molar-refractivity contribution >= 4 is 29.2 Å². The Balaban J connectivity index is 0. The van der Waals surface area contributed by atoms with Gasteiger partial charge >= 0.3 is 0 Å². The molecule has 0 atom stereocenters. The van der Waals surface area contributed by atoms with E-state index in [1.54, 1.807) is 0 Å². The van der Waals surface area contributed by atoms with E-state index in [2.05, 4.69) is 36.7 Å². The fourth-order valence-electron chi connectivity index (χ4n) is 0.295. The average molecular weight is 180 g/mol. The fourth-order valence-corrected chi connectivity index (χ4v) is 0.499. The quantitative estimate of drug-likeness (QED) is 0.293. The molecule has 0 rings (SSSR count). The highest BCUT2D eigenvalue weighted by Gasteiger charge is 1.78. The van der Waals surface area contributed by atoms with Gasteiger partial charge < -0.3 is 41.1 Å². The van der Waals surface area contributed by atoms with Crippen molar-refractivity contribution in [3.8, 4) is 0 Å². The Morgan fingerprint density at radius 2 is 2.40 bits per heavy atom. The molecule has 0 aliphatic rings. The van der Waals surface area contributed by atoms with Gasteiger partial charge in [0.05, 0.1) is 6.26 Å². The van der Waals surface area contributed by atoms with Crippen LogP contribution in [0.5, 0.6) is 0 Å². The zero-order valence-electron chi connectivity index (χ0n) is 5.92. The third-order valence-corrected chi connectivity index (χ3v) is 0.896. The maximum Gasteiger partial charge on any atom is 0.104 e. The topological polar surface area (TPSA) is 57.8 Å². The van der Waals surface area contributed by atoms with Crippen LogP contribution in [0.3, 0.4) is 0 Å². The Morgan fingerprint density at radius 3 is 2.80 bits per heavy atom. The predicted molar refractivity (Wildman–Crippen MR) is 50.1 cm³/mol. The number of thiocarbonyl (C=S) groups is 1. The van der Waals surface area contributed by atoms with Crippen molar-refractivity contribution in [2.24, 2.45) is 0 Å². The molecule has 0 aromatic rings. The zero-order chi connectivity index (χ0) is 7.11. The van der Waals surface area contributed by atoms with E-state index in [4.69, 9.17) is 4.74 Å². The molecule has 60 valence electrons. The number of rotatable bonds is 4. The lowest BCUT2D eigenvalue weighted by Gasteiger charge is -2.07. The van der Waals surface area contributed by atoms with Crippen LogP contribution in [0.15, 0.2) is 12.8 Å². The molecule has 3 nitrogen and oxygen atoms in total. The van der Waals surface area contributed by atoms with Crippen molar-refractivity contribution < 1.29 is 4.74 Å². The summed E-state index contributed by atoms with van der Waals surface area (Å²) in [6, 6.07) is 0. The molecule has 0 unspecified atom stereocenters. The number of hydrogen-bond donors (Lipinski definition) is 2. The van der Waals surface area contributed by atoms with Gasteiger partial charge in [-0.2, -0.15) is 0 Å². The van der Waals surface area contributed by atoms with E-state index in [-0.39, 0.29) is 6.15 Å².